The first-order valence-corrected chi connectivity index (χ1v) is 24.4. The van der Waals surface area contributed by atoms with Crippen LogP contribution < -0.4 is 5.46 Å². The molecule has 12 rings (SSSR count). The average molecular weight is 730 g/mol. The van der Waals surface area contributed by atoms with Crippen molar-refractivity contribution in [2.75, 3.05) is 0 Å². The zero-order chi connectivity index (χ0) is 36.0. The number of fused-ring (bicyclic) bond motifs is 15. The third kappa shape index (κ3) is 4.81. The largest absolute Gasteiger partial charge is 0.374 e. The molecule has 17 unspecified atom stereocenters. The smallest absolute Gasteiger partial charge is 0.198 e. The SMILES string of the molecule is CC(C)c1cccc(C(C)C)c1B1C2CC3OC4CCCCC4C3CC2N2C3=NC4C5CCCCC5C5CCCCC5C4N3C3CCCC4CCC1C2C43. The van der Waals surface area contributed by atoms with Gasteiger partial charge in [-0.2, -0.15) is 0 Å². The van der Waals surface area contributed by atoms with Gasteiger partial charge < -0.3 is 14.5 Å². The highest BCUT2D eigenvalue weighted by molar-refractivity contribution is 6.77. The van der Waals surface area contributed by atoms with Gasteiger partial charge in [0, 0.05) is 24.0 Å². The van der Waals surface area contributed by atoms with Crippen LogP contribution in [0, 0.1) is 47.3 Å². The fraction of sp³-hybridized carbons (Fsp3) is 0.857. The van der Waals surface area contributed by atoms with E-state index in [1.807, 2.05) is 5.46 Å². The molecule has 3 saturated heterocycles. The van der Waals surface area contributed by atoms with E-state index in [2.05, 4.69) is 55.7 Å². The van der Waals surface area contributed by atoms with Crippen LogP contribution in [0.2, 0.25) is 11.6 Å². The molecule has 292 valence electrons. The molecule has 54 heavy (non-hydrogen) atoms. The van der Waals surface area contributed by atoms with Gasteiger partial charge in [0.25, 0.3) is 0 Å². The van der Waals surface area contributed by atoms with Crippen LogP contribution in [0.15, 0.2) is 23.2 Å². The fourth-order valence-electron chi connectivity index (χ4n) is 18.1. The lowest BCUT2D eigenvalue weighted by atomic mass is 9.22. The maximum atomic E-state index is 7.28. The highest BCUT2D eigenvalue weighted by Crippen LogP contribution is 2.64. The molecule has 7 aliphatic carbocycles. The van der Waals surface area contributed by atoms with E-state index in [-0.39, 0.29) is 0 Å². The summed E-state index contributed by atoms with van der Waals surface area (Å²) >= 11 is 0. The molecular formula is C49H72BN3O. The number of benzene rings is 1. The van der Waals surface area contributed by atoms with Gasteiger partial charge in [-0.15, -0.1) is 0 Å². The number of ether oxygens (including phenoxy) is 1. The van der Waals surface area contributed by atoms with Crippen LogP contribution in [0.25, 0.3) is 0 Å². The Morgan fingerprint density at radius 3 is 2.02 bits per heavy atom. The average Bonchev–Trinajstić information content (AvgIpc) is 3.78. The molecule has 1 aromatic carbocycles. The van der Waals surface area contributed by atoms with Crippen molar-refractivity contribution in [3.05, 3.63) is 29.3 Å². The lowest BCUT2D eigenvalue weighted by molar-refractivity contribution is -0.0933. The summed E-state index contributed by atoms with van der Waals surface area (Å²) in [4.78, 5) is 12.9. The first kappa shape index (κ1) is 34.5. The van der Waals surface area contributed by atoms with E-state index in [9.17, 15) is 0 Å². The lowest BCUT2D eigenvalue weighted by Gasteiger charge is -2.69. The van der Waals surface area contributed by atoms with E-state index < -0.39 is 0 Å². The monoisotopic (exact) mass is 730 g/mol. The summed E-state index contributed by atoms with van der Waals surface area (Å²) in [6.07, 6.45) is 28.4. The maximum Gasteiger partial charge on any atom is 0.198 e. The van der Waals surface area contributed by atoms with Crippen LogP contribution >= 0.6 is 0 Å². The van der Waals surface area contributed by atoms with Gasteiger partial charge >= 0.3 is 0 Å². The number of nitrogens with zero attached hydrogens (tertiary/aromatic N) is 3. The van der Waals surface area contributed by atoms with Gasteiger partial charge in [-0.25, -0.2) is 4.99 Å². The second-order valence-electron chi connectivity index (χ2n) is 22.2. The number of hydrogen-bond acceptors (Lipinski definition) is 4. The number of aliphatic imine (C=N–C) groups is 1. The third-order valence-electron chi connectivity index (χ3n) is 19.7. The van der Waals surface area contributed by atoms with Gasteiger partial charge in [0.1, 0.15) is 0 Å². The molecule has 0 spiro atoms. The maximum absolute atomic E-state index is 7.28. The molecule has 0 amide bonds. The molecule has 0 N–H and O–H groups in total. The van der Waals surface area contributed by atoms with Gasteiger partial charge in [-0.3, -0.25) is 0 Å². The van der Waals surface area contributed by atoms with E-state index in [0.717, 1.165) is 59.2 Å². The number of hydrogen-bond donors (Lipinski definition) is 0. The van der Waals surface area contributed by atoms with Crippen LogP contribution in [0.5, 0.6) is 0 Å². The Balaban J connectivity index is 1.04. The van der Waals surface area contributed by atoms with Crippen LogP contribution in [-0.4, -0.2) is 64.9 Å². The molecule has 1 aromatic rings. The van der Waals surface area contributed by atoms with Crippen LogP contribution in [0.4, 0.5) is 0 Å². The Morgan fingerprint density at radius 2 is 1.26 bits per heavy atom. The Labute approximate surface area is 328 Å². The van der Waals surface area contributed by atoms with Crippen LogP contribution in [0.1, 0.15) is 173 Å². The molecule has 5 heteroatoms. The van der Waals surface area contributed by atoms with Crippen molar-refractivity contribution in [3.8, 4) is 0 Å². The minimum atomic E-state index is 0.478. The predicted octanol–water partition coefficient (Wildman–Crippen LogP) is 10.4. The summed E-state index contributed by atoms with van der Waals surface area (Å²) in [7, 11) is 0. The number of guanidine groups is 1. The van der Waals surface area contributed by atoms with Crippen LogP contribution in [-0.2, 0) is 4.74 Å². The molecule has 0 bridgehead atoms. The van der Waals surface area contributed by atoms with Gasteiger partial charge in [-0.1, -0.05) is 120 Å². The molecular weight excluding hydrogens is 657 g/mol. The highest BCUT2D eigenvalue weighted by atomic mass is 16.5. The Kier molecular flexibility index (Phi) is 8.32. The highest BCUT2D eigenvalue weighted by Gasteiger charge is 2.69. The summed E-state index contributed by atoms with van der Waals surface area (Å²) in [5.74, 6) is 11.1. The van der Waals surface area contributed by atoms with E-state index in [1.165, 1.54) is 122 Å². The van der Waals surface area contributed by atoms with Crippen molar-refractivity contribution in [3.63, 3.8) is 0 Å². The van der Waals surface area contributed by atoms with Crippen molar-refractivity contribution in [1.29, 1.82) is 0 Å². The second kappa shape index (κ2) is 13.0. The van der Waals surface area contributed by atoms with Gasteiger partial charge in [0.05, 0.1) is 24.3 Å². The van der Waals surface area contributed by atoms with E-state index >= 15 is 0 Å². The zero-order valence-electron chi connectivity index (χ0n) is 34.5. The first-order chi connectivity index (χ1) is 26.5. The quantitative estimate of drug-likeness (QED) is 0.290. The second-order valence-corrected chi connectivity index (χ2v) is 22.2. The van der Waals surface area contributed by atoms with Crippen molar-refractivity contribution < 1.29 is 4.74 Å². The van der Waals surface area contributed by atoms with Crippen molar-refractivity contribution in [1.82, 2.24) is 9.80 Å². The predicted molar refractivity (Wildman–Crippen MR) is 222 cm³/mol. The van der Waals surface area contributed by atoms with Gasteiger partial charge in [0.2, 0.25) is 0 Å². The normalized spacial score (nSPS) is 48.5. The van der Waals surface area contributed by atoms with Crippen molar-refractivity contribution in [2.24, 2.45) is 52.3 Å². The summed E-state index contributed by atoms with van der Waals surface area (Å²) in [6.45, 7) is 10.6. The van der Waals surface area contributed by atoms with Crippen molar-refractivity contribution >= 4 is 18.1 Å². The molecule has 4 nitrogen and oxygen atoms in total. The lowest BCUT2D eigenvalue weighted by Crippen LogP contribution is -2.77. The minimum Gasteiger partial charge on any atom is -0.374 e. The van der Waals surface area contributed by atoms with E-state index in [4.69, 9.17) is 9.73 Å². The van der Waals surface area contributed by atoms with Gasteiger partial charge in [-0.05, 0) is 129 Å². The third-order valence-corrected chi connectivity index (χ3v) is 19.7. The molecule has 0 radical (unpaired) electrons. The summed E-state index contributed by atoms with van der Waals surface area (Å²) < 4.78 is 7.28. The Hall–Kier alpha value is -1.49. The summed E-state index contributed by atoms with van der Waals surface area (Å²) in [5.41, 5.74) is 5.18. The fourth-order valence-corrected chi connectivity index (χ4v) is 18.1. The standard InChI is InChI=1S/C49H72BN3O/c1-27(2)30-19-12-20-31(28(3)4)45(30)50-38-24-23-29-13-11-21-40-44(29)48(38)53(41-25-37-34-16-9-10-22-42(34)54-43(37)26-39(41)50)49-51-46-35-17-7-5-14-32(35)33-15-6-8-18-36(33)47(46)52(40)49/h12,19-20,27-29,32-44,46-48H,5-11,13-18,21-26H2,1-4H3. The summed E-state index contributed by atoms with van der Waals surface area (Å²) in [6, 6.07) is 10.8. The van der Waals surface area contributed by atoms with E-state index in [1.54, 1.807) is 17.1 Å². The molecule has 7 saturated carbocycles. The molecule has 0 aromatic heterocycles. The Bertz CT molecular complexity index is 1610. The number of rotatable bonds is 3. The minimum absolute atomic E-state index is 0.478. The van der Waals surface area contributed by atoms with E-state index in [0.29, 0.717) is 60.7 Å². The Morgan fingerprint density at radius 1 is 0.593 bits per heavy atom. The molecule has 17 atom stereocenters. The summed E-state index contributed by atoms with van der Waals surface area (Å²) in [5, 5.41) is 0. The van der Waals surface area contributed by atoms with Crippen LogP contribution in [0.3, 0.4) is 0 Å². The van der Waals surface area contributed by atoms with Crippen molar-refractivity contribution in [2.45, 2.75) is 216 Å². The first-order valence-electron chi connectivity index (χ1n) is 24.4. The topological polar surface area (TPSA) is 28.1 Å². The zero-order valence-corrected chi connectivity index (χ0v) is 34.5. The molecule has 11 aliphatic rings. The molecule has 10 fully saturated rings. The molecule has 4 aliphatic heterocycles. The van der Waals surface area contributed by atoms with Gasteiger partial charge in [0.15, 0.2) is 12.7 Å². The molecule has 4 heterocycles.